The Labute approximate surface area is 86.0 Å². The molecule has 15 heavy (non-hydrogen) atoms. The van der Waals surface area contributed by atoms with Gasteiger partial charge in [-0.15, -0.1) is 13.2 Å². The van der Waals surface area contributed by atoms with Gasteiger partial charge in [0.25, 0.3) is 0 Å². The van der Waals surface area contributed by atoms with Crippen LogP contribution in [0.2, 0.25) is 0 Å². The number of hydrogen-bond donors (Lipinski definition) is 0. The zero-order valence-corrected chi connectivity index (χ0v) is 8.26. The van der Waals surface area contributed by atoms with Crippen molar-refractivity contribution in [2.24, 2.45) is 29.1 Å². The van der Waals surface area contributed by atoms with Crippen molar-refractivity contribution in [3.8, 4) is 0 Å². The topological polar surface area (TPSA) is 9.23 Å². The minimum Gasteiger partial charge on any atom is -0.288 e. The van der Waals surface area contributed by atoms with Crippen LogP contribution in [0.4, 0.5) is 13.2 Å². The smallest absolute Gasteiger partial charge is 0.288 e. The van der Waals surface area contributed by atoms with E-state index in [9.17, 15) is 13.2 Å². The molecule has 0 saturated heterocycles. The van der Waals surface area contributed by atoms with Gasteiger partial charge in [-0.25, -0.2) is 0 Å². The molecule has 1 spiro atoms. The van der Waals surface area contributed by atoms with E-state index in [-0.39, 0.29) is 11.8 Å². The van der Waals surface area contributed by atoms with Crippen molar-refractivity contribution >= 4 is 0 Å². The zero-order chi connectivity index (χ0) is 10.4. The summed E-state index contributed by atoms with van der Waals surface area (Å²) in [6, 6.07) is 0. The molecule has 0 aromatic carbocycles. The predicted octanol–water partition coefficient (Wildman–Crippen LogP) is 2.96. The van der Waals surface area contributed by atoms with Crippen molar-refractivity contribution in [3.63, 3.8) is 0 Å². The van der Waals surface area contributed by atoms with E-state index >= 15 is 0 Å². The van der Waals surface area contributed by atoms with Crippen LogP contribution in [0.5, 0.6) is 0 Å². The molecule has 6 atom stereocenters. The molecule has 1 nitrogen and oxygen atoms in total. The van der Waals surface area contributed by atoms with Crippen molar-refractivity contribution in [1.82, 2.24) is 0 Å². The lowest BCUT2D eigenvalue weighted by Crippen LogP contribution is -2.63. The number of alkyl halides is 3. The molecule has 4 fully saturated rings. The maximum Gasteiger partial charge on any atom is 0.522 e. The Balaban J connectivity index is 1.60. The quantitative estimate of drug-likeness (QED) is 0.657. The summed E-state index contributed by atoms with van der Waals surface area (Å²) in [6.07, 6.45) is -0.644. The average Bonchev–Trinajstić information content (AvgIpc) is 2.54. The Morgan fingerprint density at radius 2 is 1.80 bits per heavy atom. The second-order valence-electron chi connectivity index (χ2n) is 5.81. The number of halogens is 3. The fraction of sp³-hybridized carbons (Fsp3) is 1.00. The first-order valence-electron chi connectivity index (χ1n) is 5.75. The van der Waals surface area contributed by atoms with Gasteiger partial charge in [-0.3, -0.25) is 4.74 Å². The lowest BCUT2D eigenvalue weighted by atomic mass is 9.38. The summed E-state index contributed by atoms with van der Waals surface area (Å²) >= 11 is 0. The van der Waals surface area contributed by atoms with Crippen LogP contribution in [0, 0.1) is 29.1 Å². The summed E-state index contributed by atoms with van der Waals surface area (Å²) in [7, 11) is 0. The van der Waals surface area contributed by atoms with Gasteiger partial charge >= 0.3 is 6.36 Å². The predicted molar refractivity (Wildman–Crippen MR) is 45.8 cm³/mol. The molecule has 4 heteroatoms. The van der Waals surface area contributed by atoms with Gasteiger partial charge in [-0.2, -0.15) is 0 Å². The highest BCUT2D eigenvalue weighted by molar-refractivity contribution is 5.25. The third-order valence-corrected chi connectivity index (χ3v) is 5.65. The van der Waals surface area contributed by atoms with E-state index < -0.39 is 12.5 Å². The van der Waals surface area contributed by atoms with E-state index in [2.05, 4.69) is 4.74 Å². The van der Waals surface area contributed by atoms with E-state index in [0.29, 0.717) is 5.41 Å². The first-order valence-corrected chi connectivity index (χ1v) is 5.75. The van der Waals surface area contributed by atoms with Gasteiger partial charge in [0.15, 0.2) is 0 Å². The van der Waals surface area contributed by atoms with Gasteiger partial charge in [0.2, 0.25) is 0 Å². The molecule has 0 aromatic heterocycles. The highest BCUT2D eigenvalue weighted by Gasteiger charge is 2.77. The van der Waals surface area contributed by atoms with Crippen molar-refractivity contribution in [1.29, 1.82) is 0 Å². The maximum atomic E-state index is 12.2. The molecule has 4 rings (SSSR count). The first kappa shape index (κ1) is 8.85. The highest BCUT2D eigenvalue weighted by atomic mass is 19.4. The summed E-state index contributed by atoms with van der Waals surface area (Å²) in [6.45, 7) is 0. The van der Waals surface area contributed by atoms with Crippen LogP contribution in [0.3, 0.4) is 0 Å². The van der Waals surface area contributed by atoms with Crippen LogP contribution in [-0.2, 0) is 4.74 Å². The molecule has 0 radical (unpaired) electrons. The average molecular weight is 218 g/mol. The molecular weight excluding hydrogens is 205 g/mol. The standard InChI is InChI=1S/C11H13F3O/c12-11(13,14)15-9-5-1-6-2-7-3-8(9)10(6,7)4-5/h5-9H,1-4H2. The molecule has 4 saturated carbocycles. The second-order valence-corrected chi connectivity index (χ2v) is 5.81. The number of rotatable bonds is 1. The Hall–Kier alpha value is -0.250. The first-order chi connectivity index (χ1) is 7.01. The maximum absolute atomic E-state index is 12.2. The van der Waals surface area contributed by atoms with Crippen LogP contribution in [0.25, 0.3) is 0 Å². The molecule has 4 aliphatic rings. The van der Waals surface area contributed by atoms with E-state index in [4.69, 9.17) is 0 Å². The Kier molecular flexibility index (Phi) is 1.31. The van der Waals surface area contributed by atoms with Gasteiger partial charge in [0, 0.05) is 0 Å². The molecule has 6 unspecified atom stereocenters. The number of ether oxygens (including phenoxy) is 1. The molecule has 0 amide bonds. The van der Waals surface area contributed by atoms with Crippen LogP contribution in [0.15, 0.2) is 0 Å². The second kappa shape index (κ2) is 2.22. The lowest BCUT2D eigenvalue weighted by molar-refractivity contribution is -0.367. The Morgan fingerprint density at radius 3 is 2.40 bits per heavy atom. The highest BCUT2D eigenvalue weighted by Crippen LogP contribution is 2.81. The van der Waals surface area contributed by atoms with Gasteiger partial charge < -0.3 is 0 Å². The van der Waals surface area contributed by atoms with Crippen LogP contribution in [0.1, 0.15) is 25.7 Å². The van der Waals surface area contributed by atoms with Crippen LogP contribution >= 0.6 is 0 Å². The minimum absolute atomic E-state index is 0.203. The van der Waals surface area contributed by atoms with Gasteiger partial charge in [-0.1, -0.05) is 0 Å². The van der Waals surface area contributed by atoms with E-state index in [1.165, 1.54) is 6.42 Å². The molecule has 2 bridgehead atoms. The summed E-state index contributed by atoms with van der Waals surface area (Å²) in [5, 5.41) is 0. The minimum atomic E-state index is -4.43. The van der Waals surface area contributed by atoms with Crippen molar-refractivity contribution in [2.45, 2.75) is 38.1 Å². The fourth-order valence-corrected chi connectivity index (χ4v) is 5.30. The normalized spacial score (nSPS) is 59.8. The summed E-state index contributed by atoms with van der Waals surface area (Å²) < 4.78 is 41.1. The largest absolute Gasteiger partial charge is 0.522 e. The van der Waals surface area contributed by atoms with E-state index in [1.54, 1.807) is 0 Å². The van der Waals surface area contributed by atoms with E-state index in [1.807, 2.05) is 0 Å². The Bertz CT molecular complexity index is 326. The third kappa shape index (κ3) is 0.833. The SMILES string of the molecule is FC(F)(F)OC1C2CC3CC4CC1C34C2. The third-order valence-electron chi connectivity index (χ3n) is 5.65. The molecule has 0 aliphatic heterocycles. The van der Waals surface area contributed by atoms with Crippen LogP contribution < -0.4 is 0 Å². The van der Waals surface area contributed by atoms with Crippen LogP contribution in [-0.4, -0.2) is 12.5 Å². The molecular formula is C11H13F3O. The monoisotopic (exact) mass is 218 g/mol. The lowest BCUT2D eigenvalue weighted by Gasteiger charge is -2.67. The zero-order valence-electron chi connectivity index (χ0n) is 8.26. The summed E-state index contributed by atoms with van der Waals surface area (Å²) in [5.74, 6) is 1.94. The molecule has 0 N–H and O–H groups in total. The molecule has 0 aromatic rings. The molecule has 84 valence electrons. The van der Waals surface area contributed by atoms with Gasteiger partial charge in [-0.05, 0) is 54.8 Å². The number of fused-ring (bicyclic) bond motifs is 1. The van der Waals surface area contributed by atoms with Crippen molar-refractivity contribution in [3.05, 3.63) is 0 Å². The Morgan fingerprint density at radius 1 is 1.07 bits per heavy atom. The molecule has 4 aliphatic carbocycles. The van der Waals surface area contributed by atoms with E-state index in [0.717, 1.165) is 31.1 Å². The van der Waals surface area contributed by atoms with Crippen molar-refractivity contribution in [2.75, 3.05) is 0 Å². The summed E-state index contributed by atoms with van der Waals surface area (Å²) in [4.78, 5) is 0. The number of hydrogen-bond acceptors (Lipinski definition) is 1. The van der Waals surface area contributed by atoms with Gasteiger partial charge in [0.1, 0.15) is 0 Å². The molecule has 0 heterocycles. The van der Waals surface area contributed by atoms with Gasteiger partial charge in [0.05, 0.1) is 6.10 Å². The summed E-state index contributed by atoms with van der Waals surface area (Å²) in [5.41, 5.74) is 0.320. The van der Waals surface area contributed by atoms with Crippen molar-refractivity contribution < 1.29 is 17.9 Å². The fourth-order valence-electron chi connectivity index (χ4n) is 5.30.